The summed E-state index contributed by atoms with van der Waals surface area (Å²) in [6, 6.07) is 0.361. The molecule has 5 heteroatoms. The third-order valence-electron chi connectivity index (χ3n) is 3.43. The summed E-state index contributed by atoms with van der Waals surface area (Å²) in [4.78, 5) is 0. The van der Waals surface area contributed by atoms with Gasteiger partial charge in [0.1, 0.15) is 0 Å². The minimum atomic E-state index is 0.0808. The van der Waals surface area contributed by atoms with E-state index in [1.54, 1.807) is 13.3 Å². The van der Waals surface area contributed by atoms with Crippen LogP contribution in [0.3, 0.4) is 0 Å². The van der Waals surface area contributed by atoms with Gasteiger partial charge in [0, 0.05) is 13.2 Å². The molecule has 1 N–H and O–H groups in total. The molecule has 0 radical (unpaired) electrons. The number of rotatable bonds is 9. The van der Waals surface area contributed by atoms with Crippen molar-refractivity contribution in [3.8, 4) is 0 Å². The Labute approximate surface area is 127 Å². The molecule has 4 nitrogen and oxygen atoms in total. The van der Waals surface area contributed by atoms with Crippen molar-refractivity contribution < 1.29 is 4.74 Å². The third kappa shape index (κ3) is 4.21. The van der Waals surface area contributed by atoms with E-state index in [0.717, 1.165) is 31.5 Å². The molecule has 2 unspecified atom stereocenters. The van der Waals surface area contributed by atoms with Crippen molar-refractivity contribution in [3.05, 3.63) is 16.9 Å². The molecule has 0 amide bonds. The van der Waals surface area contributed by atoms with Gasteiger partial charge in [-0.1, -0.05) is 31.9 Å². The predicted molar refractivity (Wildman–Crippen MR) is 84.4 cm³/mol. The van der Waals surface area contributed by atoms with Gasteiger partial charge in [-0.15, -0.1) is 0 Å². The fourth-order valence-corrected chi connectivity index (χ4v) is 2.71. The van der Waals surface area contributed by atoms with Crippen LogP contribution >= 0.6 is 11.6 Å². The Morgan fingerprint density at radius 3 is 2.55 bits per heavy atom. The van der Waals surface area contributed by atoms with Crippen LogP contribution in [0.5, 0.6) is 0 Å². The van der Waals surface area contributed by atoms with E-state index in [1.807, 2.05) is 4.68 Å². The summed E-state index contributed by atoms with van der Waals surface area (Å²) in [5.74, 6) is 0. The molecule has 0 saturated carbocycles. The van der Waals surface area contributed by atoms with Gasteiger partial charge in [-0.25, -0.2) is 0 Å². The predicted octanol–water partition coefficient (Wildman–Crippen LogP) is 3.97. The monoisotopic (exact) mass is 301 g/mol. The number of methoxy groups -OCH3 is 1. The molecule has 20 heavy (non-hydrogen) atoms. The first-order valence-corrected chi connectivity index (χ1v) is 7.93. The molecule has 0 aliphatic heterocycles. The second-order valence-corrected chi connectivity index (χ2v) is 5.82. The molecule has 1 aromatic heterocycles. The highest BCUT2D eigenvalue weighted by Gasteiger charge is 2.28. The van der Waals surface area contributed by atoms with E-state index in [2.05, 4.69) is 38.1 Å². The van der Waals surface area contributed by atoms with E-state index in [9.17, 15) is 0 Å². The van der Waals surface area contributed by atoms with E-state index >= 15 is 0 Å². The Hall–Kier alpha value is -0.580. The normalized spacial score (nSPS) is 14.8. The van der Waals surface area contributed by atoms with E-state index in [1.165, 1.54) is 0 Å². The van der Waals surface area contributed by atoms with Crippen LogP contribution in [0.15, 0.2) is 6.20 Å². The first-order valence-electron chi connectivity index (χ1n) is 7.55. The Morgan fingerprint density at radius 1 is 1.35 bits per heavy atom. The Balaban J connectivity index is 3.11. The number of nitrogens with one attached hydrogen (secondary N) is 1. The zero-order chi connectivity index (χ0) is 15.1. The molecule has 0 spiro atoms. The number of halogens is 1. The molecule has 1 heterocycles. The van der Waals surface area contributed by atoms with Crippen molar-refractivity contribution >= 4 is 11.6 Å². The van der Waals surface area contributed by atoms with Crippen LogP contribution in [0.1, 0.15) is 64.7 Å². The average molecular weight is 302 g/mol. The summed E-state index contributed by atoms with van der Waals surface area (Å²) in [7, 11) is 1.77. The van der Waals surface area contributed by atoms with Crippen molar-refractivity contribution in [1.82, 2.24) is 15.1 Å². The molecule has 2 atom stereocenters. The highest BCUT2D eigenvalue weighted by molar-refractivity contribution is 6.31. The molecule has 0 bridgehead atoms. The Bertz CT molecular complexity index is 392. The van der Waals surface area contributed by atoms with Crippen molar-refractivity contribution in [2.45, 2.75) is 65.1 Å². The van der Waals surface area contributed by atoms with Gasteiger partial charge in [0.05, 0.1) is 29.1 Å². The quantitative estimate of drug-likeness (QED) is 0.750. The topological polar surface area (TPSA) is 39.1 Å². The highest BCUT2D eigenvalue weighted by atomic mass is 35.5. The lowest BCUT2D eigenvalue weighted by atomic mass is 10.0. The van der Waals surface area contributed by atoms with Gasteiger partial charge in [0.15, 0.2) is 0 Å². The third-order valence-corrected chi connectivity index (χ3v) is 3.72. The Morgan fingerprint density at radius 2 is 2.05 bits per heavy atom. The van der Waals surface area contributed by atoms with Crippen molar-refractivity contribution in [2.24, 2.45) is 0 Å². The first-order chi connectivity index (χ1) is 9.56. The van der Waals surface area contributed by atoms with E-state index in [4.69, 9.17) is 16.3 Å². The standard InChI is InChI=1S/C15H28ClN3O/c1-6-8-13(20-5)14(17-9-7-2)15-12(16)10-18-19(15)11(3)4/h10-11,13-14,17H,6-9H2,1-5H3. The number of hydrogen-bond donors (Lipinski definition) is 1. The Kier molecular flexibility index (Phi) is 7.56. The maximum absolute atomic E-state index is 6.39. The van der Waals surface area contributed by atoms with Gasteiger partial charge in [-0.05, 0) is 33.2 Å². The average Bonchev–Trinajstić information content (AvgIpc) is 2.80. The second-order valence-electron chi connectivity index (χ2n) is 5.41. The van der Waals surface area contributed by atoms with E-state index < -0.39 is 0 Å². The van der Waals surface area contributed by atoms with Gasteiger partial charge in [-0.3, -0.25) is 4.68 Å². The summed E-state index contributed by atoms with van der Waals surface area (Å²) in [6.07, 6.45) is 4.99. The molecule has 0 aliphatic carbocycles. The first kappa shape index (κ1) is 17.5. The smallest absolute Gasteiger partial charge is 0.0835 e. The van der Waals surface area contributed by atoms with Crippen LogP contribution in [0.2, 0.25) is 5.02 Å². The summed E-state index contributed by atoms with van der Waals surface area (Å²) < 4.78 is 7.70. The highest BCUT2D eigenvalue weighted by Crippen LogP contribution is 2.30. The number of ether oxygens (including phenoxy) is 1. The number of nitrogens with zero attached hydrogens (tertiary/aromatic N) is 2. The lowest BCUT2D eigenvalue weighted by Gasteiger charge is -2.29. The largest absolute Gasteiger partial charge is 0.379 e. The van der Waals surface area contributed by atoms with Crippen LogP contribution in [0.25, 0.3) is 0 Å². The summed E-state index contributed by atoms with van der Waals surface area (Å²) >= 11 is 6.39. The molecule has 0 aromatic carbocycles. The zero-order valence-electron chi connectivity index (χ0n) is 13.3. The minimum Gasteiger partial charge on any atom is -0.379 e. The molecular weight excluding hydrogens is 274 g/mol. The van der Waals surface area contributed by atoms with Gasteiger partial charge in [-0.2, -0.15) is 5.10 Å². The maximum Gasteiger partial charge on any atom is 0.0835 e. The van der Waals surface area contributed by atoms with Gasteiger partial charge in [0.2, 0.25) is 0 Å². The molecule has 0 aliphatic rings. The lowest BCUT2D eigenvalue weighted by molar-refractivity contribution is 0.0574. The van der Waals surface area contributed by atoms with Gasteiger partial charge >= 0.3 is 0 Å². The molecular formula is C15H28ClN3O. The maximum atomic E-state index is 6.39. The van der Waals surface area contributed by atoms with Gasteiger partial charge in [0.25, 0.3) is 0 Å². The molecule has 116 valence electrons. The van der Waals surface area contributed by atoms with E-state index in [0.29, 0.717) is 5.02 Å². The molecule has 1 rings (SSSR count). The fraction of sp³-hybridized carbons (Fsp3) is 0.800. The molecule has 1 aromatic rings. The van der Waals surface area contributed by atoms with Crippen LogP contribution in [-0.4, -0.2) is 29.5 Å². The van der Waals surface area contributed by atoms with Crippen LogP contribution < -0.4 is 5.32 Å². The second kappa shape index (κ2) is 8.65. The fourth-order valence-electron chi connectivity index (χ4n) is 2.46. The summed E-state index contributed by atoms with van der Waals surface area (Å²) in [6.45, 7) is 9.50. The lowest BCUT2D eigenvalue weighted by Crippen LogP contribution is -2.36. The van der Waals surface area contributed by atoms with Crippen molar-refractivity contribution in [1.29, 1.82) is 0 Å². The summed E-state index contributed by atoms with van der Waals surface area (Å²) in [5.41, 5.74) is 1.04. The van der Waals surface area contributed by atoms with Gasteiger partial charge < -0.3 is 10.1 Å². The number of hydrogen-bond acceptors (Lipinski definition) is 3. The minimum absolute atomic E-state index is 0.0808. The molecule has 0 fully saturated rings. The SMILES string of the molecule is CCCNC(c1c(Cl)cnn1C(C)C)C(CCC)OC. The zero-order valence-corrected chi connectivity index (χ0v) is 14.1. The van der Waals surface area contributed by atoms with Crippen LogP contribution in [-0.2, 0) is 4.74 Å². The summed E-state index contributed by atoms with van der Waals surface area (Å²) in [5, 5.41) is 8.70. The van der Waals surface area contributed by atoms with Crippen LogP contribution in [0, 0.1) is 0 Å². The van der Waals surface area contributed by atoms with Crippen LogP contribution in [0.4, 0.5) is 0 Å². The molecule has 0 saturated heterocycles. The van der Waals surface area contributed by atoms with Crippen molar-refractivity contribution in [2.75, 3.05) is 13.7 Å². The van der Waals surface area contributed by atoms with E-state index in [-0.39, 0.29) is 18.2 Å². The number of aromatic nitrogens is 2. The van der Waals surface area contributed by atoms with Crippen molar-refractivity contribution in [3.63, 3.8) is 0 Å².